The van der Waals surface area contributed by atoms with Gasteiger partial charge >= 0.3 is 18.0 Å². The second kappa shape index (κ2) is 18.0. The van der Waals surface area contributed by atoms with E-state index in [2.05, 4.69) is 21.3 Å². The molecule has 1 aliphatic rings. The molecule has 2 aromatic carbocycles. The second-order valence-corrected chi connectivity index (χ2v) is 11.8. The van der Waals surface area contributed by atoms with Crippen LogP contribution in [0.5, 0.6) is 0 Å². The van der Waals surface area contributed by atoms with Crippen LogP contribution in [0.15, 0.2) is 42.5 Å². The molecule has 0 spiro atoms. The number of carboxylic acids is 2. The lowest BCUT2D eigenvalue weighted by Crippen LogP contribution is -2.52. The number of aliphatic hydroxyl groups excluding tert-OH is 1. The fraction of sp³-hybridized carbons (Fsp3) is 0.531. The van der Waals surface area contributed by atoms with Crippen LogP contribution in [0.25, 0.3) is 10.8 Å². The monoisotopic (exact) mass is 643 g/mol. The van der Waals surface area contributed by atoms with Crippen LogP contribution in [0.3, 0.4) is 0 Å². The molecular weight excluding hydrogens is 598 g/mol. The zero-order valence-electron chi connectivity index (χ0n) is 25.7. The highest BCUT2D eigenvalue weighted by Crippen LogP contribution is 2.24. The van der Waals surface area contributed by atoms with Crippen molar-refractivity contribution in [2.24, 2.45) is 11.7 Å². The summed E-state index contributed by atoms with van der Waals surface area (Å²) in [5.41, 5.74) is 6.88. The summed E-state index contributed by atoms with van der Waals surface area (Å²) in [5.74, 6) is -3.26. The molecular formula is C32H45N5O9. The van der Waals surface area contributed by atoms with Crippen molar-refractivity contribution in [3.8, 4) is 0 Å². The number of carbonyl (C=O) groups is 5. The maximum atomic E-state index is 13.3. The summed E-state index contributed by atoms with van der Waals surface area (Å²) in [6.45, 7) is 0.202. The van der Waals surface area contributed by atoms with E-state index in [1.165, 1.54) is 0 Å². The summed E-state index contributed by atoms with van der Waals surface area (Å²) in [7, 11) is 0. The molecule has 10 N–H and O–H groups in total. The van der Waals surface area contributed by atoms with E-state index in [-0.39, 0.29) is 49.6 Å². The number of hydrogen-bond donors (Lipinski definition) is 9. The lowest BCUT2D eigenvalue weighted by atomic mass is 9.85. The van der Waals surface area contributed by atoms with Crippen LogP contribution in [0.1, 0.15) is 63.4 Å². The topological polar surface area (TPSA) is 240 Å². The Hall–Kier alpha value is -4.27. The van der Waals surface area contributed by atoms with Gasteiger partial charge in [0.05, 0.1) is 6.04 Å². The van der Waals surface area contributed by atoms with Crippen molar-refractivity contribution >= 4 is 40.6 Å². The Morgan fingerprint density at radius 2 is 1.52 bits per heavy atom. The van der Waals surface area contributed by atoms with Crippen molar-refractivity contribution in [1.82, 2.24) is 21.3 Å². The number of carbonyl (C=O) groups excluding carboxylic acids is 3. The van der Waals surface area contributed by atoms with Gasteiger partial charge in [0.15, 0.2) is 6.29 Å². The number of benzene rings is 2. The number of urea groups is 1. The molecule has 0 aromatic heterocycles. The highest BCUT2D eigenvalue weighted by molar-refractivity contribution is 5.89. The summed E-state index contributed by atoms with van der Waals surface area (Å²) in [6, 6.07) is 9.40. The van der Waals surface area contributed by atoms with Crippen LogP contribution >= 0.6 is 0 Å². The third-order valence-electron chi connectivity index (χ3n) is 8.20. The van der Waals surface area contributed by atoms with Crippen molar-refractivity contribution in [2.45, 2.75) is 94.7 Å². The minimum absolute atomic E-state index is 0.0150. The Kier molecular flexibility index (Phi) is 14.2. The molecule has 0 unspecified atom stereocenters. The van der Waals surface area contributed by atoms with Gasteiger partial charge in [-0.1, -0.05) is 42.5 Å². The Labute approximate surface area is 267 Å². The van der Waals surface area contributed by atoms with E-state index in [1.807, 2.05) is 42.5 Å². The van der Waals surface area contributed by atoms with Gasteiger partial charge in [0.1, 0.15) is 12.1 Å². The van der Waals surface area contributed by atoms with Crippen molar-refractivity contribution < 1.29 is 44.4 Å². The molecule has 0 aliphatic heterocycles. The molecule has 2 aromatic rings. The van der Waals surface area contributed by atoms with Crippen LogP contribution < -0.4 is 27.0 Å². The van der Waals surface area contributed by atoms with Crippen molar-refractivity contribution in [1.29, 1.82) is 0 Å². The summed E-state index contributed by atoms with van der Waals surface area (Å²) in [5, 5.41) is 49.4. The third-order valence-corrected chi connectivity index (χ3v) is 8.20. The molecule has 0 bridgehead atoms. The van der Waals surface area contributed by atoms with Crippen molar-refractivity contribution in [3.05, 3.63) is 48.0 Å². The minimum atomic E-state index is -2.03. The second-order valence-electron chi connectivity index (χ2n) is 11.8. The summed E-state index contributed by atoms with van der Waals surface area (Å²) in [6.07, 6.45) is 1.09. The molecule has 0 heterocycles. The number of carboxylic acid groups (broad SMARTS) is 2. The molecule has 1 saturated carbocycles. The highest BCUT2D eigenvalue weighted by Gasteiger charge is 2.29. The molecule has 3 rings (SSSR count). The van der Waals surface area contributed by atoms with Crippen molar-refractivity contribution in [2.75, 3.05) is 6.54 Å². The highest BCUT2D eigenvalue weighted by atomic mass is 16.5. The van der Waals surface area contributed by atoms with E-state index in [4.69, 9.17) is 10.8 Å². The first kappa shape index (κ1) is 36.2. The maximum Gasteiger partial charge on any atom is 0.326 e. The van der Waals surface area contributed by atoms with Crippen molar-refractivity contribution in [3.63, 3.8) is 0 Å². The van der Waals surface area contributed by atoms with E-state index < -0.39 is 48.8 Å². The van der Waals surface area contributed by atoms with Gasteiger partial charge in [0, 0.05) is 31.3 Å². The van der Waals surface area contributed by atoms with Gasteiger partial charge < -0.3 is 47.4 Å². The van der Waals surface area contributed by atoms with E-state index >= 15 is 0 Å². The van der Waals surface area contributed by atoms with Gasteiger partial charge in [-0.3, -0.25) is 14.4 Å². The summed E-state index contributed by atoms with van der Waals surface area (Å²) < 4.78 is 0. The average Bonchev–Trinajstić information content (AvgIpc) is 3.01. The number of aliphatic carboxylic acids is 2. The molecule has 4 amide bonds. The number of hydrogen-bond acceptors (Lipinski definition) is 8. The molecule has 3 atom stereocenters. The van der Waals surface area contributed by atoms with Gasteiger partial charge in [0.25, 0.3) is 0 Å². The van der Waals surface area contributed by atoms with Gasteiger partial charge in [-0.2, -0.15) is 0 Å². The van der Waals surface area contributed by atoms with E-state index in [9.17, 15) is 39.3 Å². The van der Waals surface area contributed by atoms with Gasteiger partial charge in [-0.15, -0.1) is 0 Å². The van der Waals surface area contributed by atoms with Gasteiger partial charge in [-0.05, 0) is 67.7 Å². The molecule has 252 valence electrons. The Morgan fingerprint density at radius 3 is 2.17 bits per heavy atom. The third kappa shape index (κ3) is 11.9. The summed E-state index contributed by atoms with van der Waals surface area (Å²) in [4.78, 5) is 61.1. The number of rotatable bonds is 17. The predicted octanol–water partition coefficient (Wildman–Crippen LogP) is 0.968. The summed E-state index contributed by atoms with van der Waals surface area (Å²) >= 11 is 0. The first-order valence-electron chi connectivity index (χ1n) is 15.6. The predicted molar refractivity (Wildman–Crippen MR) is 168 cm³/mol. The Morgan fingerprint density at radius 1 is 0.826 bits per heavy atom. The largest absolute Gasteiger partial charge is 0.481 e. The number of unbranched alkanes of at least 4 members (excludes halogenated alkanes) is 1. The fourth-order valence-corrected chi connectivity index (χ4v) is 5.49. The molecule has 1 fully saturated rings. The molecule has 0 saturated heterocycles. The quantitative estimate of drug-likeness (QED) is 0.0874. The zero-order chi connectivity index (χ0) is 33.6. The molecule has 14 heteroatoms. The molecule has 1 aliphatic carbocycles. The molecule has 0 radical (unpaired) electrons. The minimum Gasteiger partial charge on any atom is -0.481 e. The fourth-order valence-electron chi connectivity index (χ4n) is 5.49. The number of nitrogens with two attached hydrogens (primary N) is 1. The SMILES string of the molecule is NC1CCC(C(=O)N[C@@H](Cc2ccc3ccccc3c2)C(=O)NCCCC[C@H](NC(=O)N[C@@H](CCC(=O)O)C(O)O)C(=O)O)CC1. The maximum absolute atomic E-state index is 13.3. The molecule has 14 nitrogen and oxygen atoms in total. The van der Waals surface area contributed by atoms with Crippen LogP contribution in [0.2, 0.25) is 0 Å². The Bertz CT molecular complexity index is 1350. The lowest BCUT2D eigenvalue weighted by Gasteiger charge is -2.27. The lowest BCUT2D eigenvalue weighted by molar-refractivity contribution is -0.139. The molecule has 46 heavy (non-hydrogen) atoms. The number of amides is 4. The zero-order valence-corrected chi connectivity index (χ0v) is 25.7. The van der Waals surface area contributed by atoms with Gasteiger partial charge in [0.2, 0.25) is 11.8 Å². The van der Waals surface area contributed by atoms with Crippen LogP contribution in [-0.2, 0) is 25.6 Å². The first-order valence-corrected chi connectivity index (χ1v) is 15.6. The Balaban J connectivity index is 1.53. The standard InChI is InChI=1S/C32H45N5O9/c33-23-12-10-21(11-13-23)28(40)35-26(18-19-8-9-20-5-1-2-6-22(20)17-19)29(41)34-16-4-3-7-24(30(42)43)36-32(46)37-25(31(44)45)14-15-27(38)39/h1-2,5-6,8-9,17,21,23-26,31,44-45H,3-4,7,10-16,18,33H2,(H,34,41)(H,35,40)(H,38,39)(H,42,43)(H2,36,37,46)/t21?,23?,24-,25-,26-/m0/s1. The van der Waals surface area contributed by atoms with Crippen LogP contribution in [-0.4, -0.2) is 87.2 Å². The number of fused-ring (bicyclic) bond motifs is 1. The van der Waals surface area contributed by atoms with Crippen LogP contribution in [0.4, 0.5) is 4.79 Å². The van der Waals surface area contributed by atoms with Crippen LogP contribution in [0, 0.1) is 5.92 Å². The van der Waals surface area contributed by atoms with E-state index in [0.717, 1.165) is 29.2 Å². The van der Waals surface area contributed by atoms with E-state index in [0.29, 0.717) is 25.7 Å². The van der Waals surface area contributed by atoms with E-state index in [1.54, 1.807) is 0 Å². The number of nitrogens with one attached hydrogen (secondary N) is 4. The number of aliphatic hydroxyl groups is 2. The normalized spacial score (nSPS) is 18.3. The first-order chi connectivity index (χ1) is 21.9. The van der Waals surface area contributed by atoms with Gasteiger partial charge in [-0.25, -0.2) is 9.59 Å². The average molecular weight is 644 g/mol. The smallest absolute Gasteiger partial charge is 0.326 e.